The summed E-state index contributed by atoms with van der Waals surface area (Å²) in [6.07, 6.45) is 1.63. The summed E-state index contributed by atoms with van der Waals surface area (Å²) in [5.41, 5.74) is 1.53. The molecule has 0 saturated heterocycles. The van der Waals surface area contributed by atoms with E-state index in [0.29, 0.717) is 36.5 Å². The lowest BCUT2D eigenvalue weighted by Crippen LogP contribution is -2.45. The fraction of sp³-hybridized carbons (Fsp3) is 0.273. The summed E-state index contributed by atoms with van der Waals surface area (Å²) in [6, 6.07) is 13.6. The van der Waals surface area contributed by atoms with Gasteiger partial charge in [0.1, 0.15) is 23.7 Å². The van der Waals surface area contributed by atoms with Gasteiger partial charge in [-0.05, 0) is 17.5 Å². The number of nitro groups is 1. The van der Waals surface area contributed by atoms with Crippen LogP contribution in [0.3, 0.4) is 0 Å². The van der Waals surface area contributed by atoms with Gasteiger partial charge in [-0.25, -0.2) is 4.79 Å². The van der Waals surface area contributed by atoms with Crippen molar-refractivity contribution < 1.29 is 19.6 Å². The number of non-ortho nitro benzene ring substituents is 1. The molecule has 164 valence electrons. The molecule has 0 aliphatic carbocycles. The largest absolute Gasteiger partial charge is 0.480 e. The summed E-state index contributed by atoms with van der Waals surface area (Å²) >= 11 is 0. The minimum Gasteiger partial charge on any atom is -0.480 e. The zero-order valence-corrected chi connectivity index (χ0v) is 17.0. The van der Waals surface area contributed by atoms with Crippen molar-refractivity contribution in [1.82, 2.24) is 20.1 Å². The highest BCUT2D eigenvalue weighted by Crippen LogP contribution is 2.27. The van der Waals surface area contributed by atoms with Crippen molar-refractivity contribution in [2.24, 2.45) is 0 Å². The van der Waals surface area contributed by atoms with Gasteiger partial charge >= 0.3 is 5.97 Å². The van der Waals surface area contributed by atoms with Crippen LogP contribution in [0.4, 0.5) is 5.69 Å². The van der Waals surface area contributed by atoms with Crippen LogP contribution < -0.4 is 5.32 Å². The molecule has 3 aromatic rings. The van der Waals surface area contributed by atoms with E-state index in [2.05, 4.69) is 15.5 Å². The second kappa shape index (κ2) is 8.96. The molecule has 4 rings (SSSR count). The summed E-state index contributed by atoms with van der Waals surface area (Å²) in [6.45, 7) is 0. The topological polar surface area (TPSA) is 140 Å². The number of carboxylic acid groups (broad SMARTS) is 1. The van der Waals surface area contributed by atoms with Gasteiger partial charge in [0.15, 0.2) is 0 Å². The molecule has 1 aliphatic heterocycles. The van der Waals surface area contributed by atoms with E-state index >= 15 is 0 Å². The summed E-state index contributed by atoms with van der Waals surface area (Å²) in [5.74, 6) is -0.222. The molecule has 10 nitrogen and oxygen atoms in total. The third-order valence-corrected chi connectivity index (χ3v) is 5.50. The number of carboxylic acids is 1. The van der Waals surface area contributed by atoms with Crippen molar-refractivity contribution >= 4 is 17.6 Å². The maximum atomic E-state index is 13.0. The Bertz CT molecular complexity index is 1140. The Labute approximate surface area is 183 Å². The van der Waals surface area contributed by atoms with Gasteiger partial charge in [-0.15, -0.1) is 10.2 Å². The lowest BCUT2D eigenvalue weighted by atomic mass is 10.0. The number of aryl methyl sites for hydroxylation is 1. The number of aromatic nitrogens is 3. The highest BCUT2D eigenvalue weighted by atomic mass is 16.6. The van der Waals surface area contributed by atoms with E-state index in [9.17, 15) is 24.8 Å². The van der Waals surface area contributed by atoms with Gasteiger partial charge in [0.05, 0.1) is 4.92 Å². The molecule has 1 aromatic heterocycles. The Morgan fingerprint density at radius 1 is 1.12 bits per heavy atom. The third kappa shape index (κ3) is 4.48. The number of fused-ring (bicyclic) bond motifs is 1. The summed E-state index contributed by atoms with van der Waals surface area (Å²) in [7, 11) is 0. The molecule has 32 heavy (non-hydrogen) atoms. The first-order valence-corrected chi connectivity index (χ1v) is 10.2. The number of nitrogens with zero attached hydrogens (tertiary/aromatic N) is 4. The zero-order chi connectivity index (χ0) is 22.7. The highest BCUT2D eigenvalue weighted by Gasteiger charge is 2.34. The fourth-order valence-corrected chi connectivity index (χ4v) is 3.89. The fourth-order valence-electron chi connectivity index (χ4n) is 3.89. The van der Waals surface area contributed by atoms with E-state index < -0.39 is 28.9 Å². The van der Waals surface area contributed by atoms with Crippen molar-refractivity contribution in [3.63, 3.8) is 0 Å². The SMILES string of the molecule is O=C(O)[C@H](Cc1ccc([N+](=O)[O-])cc1)NC(=O)[C@@H]1CCc2nnc(Cc3ccccc3)n21. The molecular weight excluding hydrogens is 414 g/mol. The van der Waals surface area contributed by atoms with E-state index in [1.165, 1.54) is 24.3 Å². The van der Waals surface area contributed by atoms with Crippen LogP contribution in [0.15, 0.2) is 54.6 Å². The Morgan fingerprint density at radius 2 is 1.84 bits per heavy atom. The van der Waals surface area contributed by atoms with Crippen LogP contribution in [0.2, 0.25) is 0 Å². The van der Waals surface area contributed by atoms with Gasteiger partial charge in [0, 0.05) is 31.4 Å². The maximum Gasteiger partial charge on any atom is 0.326 e. The second-order valence-corrected chi connectivity index (χ2v) is 7.65. The highest BCUT2D eigenvalue weighted by molar-refractivity contribution is 5.86. The Balaban J connectivity index is 1.48. The average molecular weight is 435 g/mol. The lowest BCUT2D eigenvalue weighted by molar-refractivity contribution is -0.384. The van der Waals surface area contributed by atoms with Crippen LogP contribution in [0.25, 0.3) is 0 Å². The van der Waals surface area contributed by atoms with Gasteiger partial charge < -0.3 is 15.0 Å². The molecule has 0 unspecified atom stereocenters. The number of hydrogen-bond acceptors (Lipinski definition) is 6. The smallest absolute Gasteiger partial charge is 0.326 e. The number of amides is 1. The molecule has 0 bridgehead atoms. The molecule has 0 radical (unpaired) electrons. The van der Waals surface area contributed by atoms with E-state index in [1.807, 2.05) is 30.3 Å². The van der Waals surface area contributed by atoms with Gasteiger partial charge in [-0.2, -0.15) is 0 Å². The Kier molecular flexibility index (Phi) is 5.93. The van der Waals surface area contributed by atoms with Crippen molar-refractivity contribution in [3.05, 3.63) is 87.5 Å². The second-order valence-electron chi connectivity index (χ2n) is 7.65. The standard InChI is InChI=1S/C22H21N5O5/c28-21(23-17(22(29)30)12-15-6-8-16(9-7-15)27(31)32)18-10-11-19-24-25-20(26(18)19)13-14-4-2-1-3-5-14/h1-9,17-18H,10-13H2,(H,23,28)(H,29,30)/t17-,18-/m0/s1. The van der Waals surface area contributed by atoms with Crippen LogP contribution in [-0.2, 0) is 28.9 Å². The number of benzene rings is 2. The molecule has 2 aromatic carbocycles. The van der Waals surface area contributed by atoms with Gasteiger partial charge in [-0.3, -0.25) is 14.9 Å². The molecule has 2 atom stereocenters. The molecule has 0 fully saturated rings. The van der Waals surface area contributed by atoms with Crippen LogP contribution >= 0.6 is 0 Å². The van der Waals surface area contributed by atoms with E-state index in [0.717, 1.165) is 5.56 Å². The maximum absolute atomic E-state index is 13.0. The van der Waals surface area contributed by atoms with Crippen LogP contribution in [0, 0.1) is 10.1 Å². The molecule has 10 heteroatoms. The van der Waals surface area contributed by atoms with Crippen molar-refractivity contribution in [3.8, 4) is 0 Å². The summed E-state index contributed by atoms with van der Waals surface area (Å²) < 4.78 is 1.80. The van der Waals surface area contributed by atoms with Crippen LogP contribution in [0.1, 0.15) is 35.2 Å². The third-order valence-electron chi connectivity index (χ3n) is 5.50. The van der Waals surface area contributed by atoms with E-state index in [1.54, 1.807) is 4.57 Å². The molecule has 2 N–H and O–H groups in total. The predicted molar refractivity (Wildman–Crippen MR) is 113 cm³/mol. The van der Waals surface area contributed by atoms with Crippen molar-refractivity contribution in [2.75, 3.05) is 0 Å². The first-order chi connectivity index (χ1) is 15.4. The van der Waals surface area contributed by atoms with Crippen molar-refractivity contribution in [1.29, 1.82) is 0 Å². The predicted octanol–water partition coefficient (Wildman–Crippen LogP) is 2.08. The molecule has 1 amide bonds. The number of carbonyl (C=O) groups is 2. The Morgan fingerprint density at radius 3 is 2.50 bits per heavy atom. The number of carbonyl (C=O) groups excluding carboxylic acids is 1. The van der Waals surface area contributed by atoms with E-state index in [4.69, 9.17) is 0 Å². The Hall–Kier alpha value is -4.08. The number of rotatable bonds is 8. The zero-order valence-electron chi connectivity index (χ0n) is 17.0. The molecule has 0 saturated carbocycles. The minimum absolute atomic E-state index is 0.0116. The minimum atomic E-state index is -1.18. The van der Waals surface area contributed by atoms with Crippen LogP contribution in [0.5, 0.6) is 0 Å². The molecule has 2 heterocycles. The summed E-state index contributed by atoms with van der Waals surface area (Å²) in [4.78, 5) is 35.1. The number of hydrogen-bond donors (Lipinski definition) is 2. The van der Waals surface area contributed by atoms with Gasteiger partial charge in [-0.1, -0.05) is 42.5 Å². The normalized spacial score (nSPS) is 15.7. The summed E-state index contributed by atoms with van der Waals surface area (Å²) in [5, 5.41) is 31.5. The number of nitro benzene ring substituents is 1. The van der Waals surface area contributed by atoms with Crippen LogP contribution in [-0.4, -0.2) is 42.7 Å². The first kappa shape index (κ1) is 21.2. The monoisotopic (exact) mass is 435 g/mol. The molecule has 0 spiro atoms. The van der Waals surface area contributed by atoms with Gasteiger partial charge in [0.2, 0.25) is 5.91 Å². The molecule has 1 aliphatic rings. The van der Waals surface area contributed by atoms with Gasteiger partial charge in [0.25, 0.3) is 5.69 Å². The van der Waals surface area contributed by atoms with E-state index in [-0.39, 0.29) is 12.1 Å². The molecular formula is C22H21N5O5. The van der Waals surface area contributed by atoms with Crippen molar-refractivity contribution in [2.45, 2.75) is 37.8 Å². The quantitative estimate of drug-likeness (QED) is 0.408. The average Bonchev–Trinajstić information content (AvgIpc) is 3.37. The lowest BCUT2D eigenvalue weighted by Gasteiger charge is -2.19. The first-order valence-electron chi connectivity index (χ1n) is 10.2. The number of aliphatic carboxylic acids is 1. The number of nitrogens with one attached hydrogen (secondary N) is 1.